The SMILES string of the molecule is Cc1ccc(NC(=O)[C@H]2[C@H]3C=C[C@]4(O3)[C@H](C(=O)NC3CCCCC3)N(C[C@@H]3COc5ccccc5O3)C(=O)[C@@H]24)cc1. The maximum Gasteiger partial charge on any atom is 0.246 e. The van der Waals surface area contributed by atoms with E-state index in [4.69, 9.17) is 14.2 Å². The normalized spacial score (nSPS) is 31.7. The lowest BCUT2D eigenvalue weighted by molar-refractivity contribution is -0.143. The number of ether oxygens (including phenoxy) is 3. The molecule has 9 heteroatoms. The third-order valence-corrected chi connectivity index (χ3v) is 9.16. The highest BCUT2D eigenvalue weighted by Crippen LogP contribution is 2.55. The molecular weight excluding hydrogens is 522 g/mol. The first-order chi connectivity index (χ1) is 19.9. The van der Waals surface area contributed by atoms with Crippen LogP contribution in [0.2, 0.25) is 0 Å². The molecule has 3 fully saturated rings. The fraction of sp³-hybridized carbons (Fsp3) is 0.469. The Kier molecular flexibility index (Phi) is 6.49. The van der Waals surface area contributed by atoms with E-state index in [0.717, 1.165) is 37.7 Å². The van der Waals surface area contributed by atoms with Crippen molar-refractivity contribution in [3.05, 3.63) is 66.2 Å². The fourth-order valence-electron chi connectivity index (χ4n) is 7.23. The van der Waals surface area contributed by atoms with Crippen molar-refractivity contribution in [2.24, 2.45) is 11.8 Å². The highest BCUT2D eigenvalue weighted by molar-refractivity contribution is 6.02. The number of aryl methyl sites for hydroxylation is 1. The van der Waals surface area contributed by atoms with Crippen LogP contribution >= 0.6 is 0 Å². The van der Waals surface area contributed by atoms with Crippen molar-refractivity contribution < 1.29 is 28.6 Å². The number of para-hydroxylation sites is 2. The second-order valence-corrected chi connectivity index (χ2v) is 11.9. The van der Waals surface area contributed by atoms with Gasteiger partial charge >= 0.3 is 0 Å². The summed E-state index contributed by atoms with van der Waals surface area (Å²) in [7, 11) is 0. The predicted octanol–water partition coefficient (Wildman–Crippen LogP) is 3.37. The van der Waals surface area contributed by atoms with Gasteiger partial charge in [0.05, 0.1) is 24.5 Å². The monoisotopic (exact) mass is 557 g/mol. The molecule has 41 heavy (non-hydrogen) atoms. The summed E-state index contributed by atoms with van der Waals surface area (Å²) >= 11 is 0. The van der Waals surface area contributed by atoms with Gasteiger partial charge in [-0.2, -0.15) is 0 Å². The summed E-state index contributed by atoms with van der Waals surface area (Å²) in [6.45, 7) is 2.36. The quantitative estimate of drug-likeness (QED) is 0.528. The first-order valence-electron chi connectivity index (χ1n) is 14.7. The Bertz CT molecular complexity index is 1390. The van der Waals surface area contributed by atoms with Gasteiger partial charge in [-0.1, -0.05) is 61.2 Å². The van der Waals surface area contributed by atoms with E-state index in [1.54, 1.807) is 4.90 Å². The van der Waals surface area contributed by atoms with Crippen LogP contribution in [-0.4, -0.2) is 65.7 Å². The minimum atomic E-state index is -1.22. The second-order valence-electron chi connectivity index (χ2n) is 11.9. The zero-order valence-electron chi connectivity index (χ0n) is 23.1. The third-order valence-electron chi connectivity index (χ3n) is 9.16. The first-order valence-corrected chi connectivity index (χ1v) is 14.7. The Labute approximate surface area is 239 Å². The van der Waals surface area contributed by atoms with Crippen molar-refractivity contribution in [3.63, 3.8) is 0 Å². The summed E-state index contributed by atoms with van der Waals surface area (Å²) in [5.41, 5.74) is 0.517. The average Bonchev–Trinajstić information content (AvgIpc) is 3.62. The van der Waals surface area contributed by atoms with Crippen molar-refractivity contribution in [1.29, 1.82) is 0 Å². The summed E-state index contributed by atoms with van der Waals surface area (Å²) < 4.78 is 18.6. The van der Waals surface area contributed by atoms with E-state index in [1.165, 1.54) is 0 Å². The Hall–Kier alpha value is -3.85. The molecule has 214 valence electrons. The summed E-state index contributed by atoms with van der Waals surface area (Å²) in [5, 5.41) is 6.20. The Balaban J connectivity index is 1.18. The van der Waals surface area contributed by atoms with Crippen LogP contribution in [0, 0.1) is 18.8 Å². The first kappa shape index (κ1) is 26.1. The van der Waals surface area contributed by atoms with Crippen LogP contribution in [0.3, 0.4) is 0 Å². The lowest BCUT2D eigenvalue weighted by Gasteiger charge is -2.36. The van der Waals surface area contributed by atoms with Gasteiger partial charge in [-0.3, -0.25) is 14.4 Å². The van der Waals surface area contributed by atoms with Crippen molar-refractivity contribution in [2.75, 3.05) is 18.5 Å². The average molecular weight is 558 g/mol. The van der Waals surface area contributed by atoms with Crippen molar-refractivity contribution in [3.8, 4) is 11.5 Å². The third kappa shape index (κ3) is 4.47. The molecule has 2 saturated heterocycles. The Morgan fingerprint density at radius 2 is 1.76 bits per heavy atom. The topological polar surface area (TPSA) is 106 Å². The number of nitrogens with one attached hydrogen (secondary N) is 2. The van der Waals surface area contributed by atoms with E-state index >= 15 is 0 Å². The van der Waals surface area contributed by atoms with Crippen LogP contribution in [0.5, 0.6) is 11.5 Å². The van der Waals surface area contributed by atoms with E-state index in [9.17, 15) is 14.4 Å². The van der Waals surface area contributed by atoms with Crippen LogP contribution in [-0.2, 0) is 19.1 Å². The van der Waals surface area contributed by atoms with Gasteiger partial charge in [0.1, 0.15) is 18.2 Å². The minimum Gasteiger partial charge on any atom is -0.486 e. The minimum absolute atomic E-state index is 0.0630. The molecule has 2 N–H and O–H groups in total. The van der Waals surface area contributed by atoms with Gasteiger partial charge in [0.2, 0.25) is 17.7 Å². The summed E-state index contributed by atoms with van der Waals surface area (Å²) in [6, 6.07) is 14.1. The van der Waals surface area contributed by atoms with E-state index in [0.29, 0.717) is 17.2 Å². The number of hydrogen-bond donors (Lipinski definition) is 2. The number of nitrogens with zero attached hydrogens (tertiary/aromatic N) is 1. The van der Waals surface area contributed by atoms with E-state index < -0.39 is 35.7 Å². The Morgan fingerprint density at radius 1 is 1.00 bits per heavy atom. The number of anilines is 1. The molecule has 7 rings (SSSR count). The number of carbonyl (C=O) groups excluding carboxylic acids is 3. The van der Waals surface area contributed by atoms with Crippen molar-refractivity contribution in [2.45, 2.75) is 68.9 Å². The molecular formula is C32H35N3O6. The molecule has 2 aromatic rings. The smallest absolute Gasteiger partial charge is 0.246 e. The molecule has 0 radical (unpaired) electrons. The molecule has 2 bridgehead atoms. The molecule has 5 aliphatic rings. The van der Waals surface area contributed by atoms with Gasteiger partial charge in [0.25, 0.3) is 0 Å². The maximum absolute atomic E-state index is 14.3. The molecule has 9 nitrogen and oxygen atoms in total. The standard InChI is InChI=1S/C32H35N3O6/c1-19-11-13-21(14-12-19)33-29(36)26-25-15-16-32(41-25)27(26)31(38)35(28(32)30(37)34-20-7-3-2-4-8-20)17-22-18-39-23-9-5-6-10-24(23)40-22/h5-6,9-16,20,22,25-28H,2-4,7-8,17-18H2,1H3,(H,33,36)(H,34,37)/t22-,25-,26+,27-,28+,32-/m1/s1. The maximum atomic E-state index is 14.3. The van der Waals surface area contributed by atoms with Gasteiger partial charge in [-0.05, 0) is 44.0 Å². The highest BCUT2D eigenvalue weighted by Gasteiger charge is 2.73. The van der Waals surface area contributed by atoms with Gasteiger partial charge in [-0.25, -0.2) is 0 Å². The fourth-order valence-corrected chi connectivity index (χ4v) is 7.23. The largest absolute Gasteiger partial charge is 0.486 e. The lowest BCUT2D eigenvalue weighted by atomic mass is 9.74. The molecule has 4 heterocycles. The molecule has 1 spiro atoms. The molecule has 0 unspecified atom stereocenters. The predicted molar refractivity (Wildman–Crippen MR) is 150 cm³/mol. The van der Waals surface area contributed by atoms with E-state index in [1.807, 2.05) is 67.6 Å². The molecule has 1 saturated carbocycles. The highest BCUT2D eigenvalue weighted by atomic mass is 16.6. The molecule has 2 aromatic carbocycles. The van der Waals surface area contributed by atoms with E-state index in [2.05, 4.69) is 10.6 Å². The number of benzene rings is 2. The van der Waals surface area contributed by atoms with Crippen LogP contribution in [0.4, 0.5) is 5.69 Å². The molecule has 4 aliphatic heterocycles. The van der Waals surface area contributed by atoms with Crippen LogP contribution in [0.15, 0.2) is 60.7 Å². The summed E-state index contributed by atoms with van der Waals surface area (Å²) in [4.78, 5) is 43.5. The number of carbonyl (C=O) groups is 3. The number of likely N-dealkylation sites (tertiary alicyclic amines) is 1. The number of rotatable bonds is 6. The van der Waals surface area contributed by atoms with Crippen LogP contribution in [0.25, 0.3) is 0 Å². The Morgan fingerprint density at radius 3 is 2.54 bits per heavy atom. The zero-order chi connectivity index (χ0) is 28.1. The van der Waals surface area contributed by atoms with Crippen LogP contribution < -0.4 is 20.1 Å². The van der Waals surface area contributed by atoms with Gasteiger partial charge < -0.3 is 29.7 Å². The van der Waals surface area contributed by atoms with Crippen LogP contribution in [0.1, 0.15) is 37.7 Å². The van der Waals surface area contributed by atoms with Crippen molar-refractivity contribution >= 4 is 23.4 Å². The summed E-state index contributed by atoms with van der Waals surface area (Å²) in [6.07, 6.45) is 7.76. The molecule has 3 amide bonds. The zero-order valence-corrected chi connectivity index (χ0v) is 23.1. The summed E-state index contributed by atoms with van der Waals surface area (Å²) in [5.74, 6) is -1.12. The lowest BCUT2D eigenvalue weighted by Crippen LogP contribution is -2.58. The molecule has 1 aliphatic carbocycles. The van der Waals surface area contributed by atoms with E-state index in [-0.39, 0.29) is 36.9 Å². The van der Waals surface area contributed by atoms with Gasteiger partial charge in [0.15, 0.2) is 17.6 Å². The van der Waals surface area contributed by atoms with Gasteiger partial charge in [0, 0.05) is 11.7 Å². The number of hydrogen-bond acceptors (Lipinski definition) is 6. The number of amides is 3. The molecule has 6 atom stereocenters. The van der Waals surface area contributed by atoms with Crippen molar-refractivity contribution in [1.82, 2.24) is 10.2 Å². The van der Waals surface area contributed by atoms with Gasteiger partial charge in [-0.15, -0.1) is 0 Å². The second kappa shape index (κ2) is 10.2. The molecule has 0 aromatic heterocycles. The number of fused-ring (bicyclic) bond motifs is 2.